The number of unbranched alkanes of at least 4 members (excludes halogenated alkanes) is 2. The summed E-state index contributed by atoms with van der Waals surface area (Å²) in [7, 11) is 0. The van der Waals surface area contributed by atoms with Gasteiger partial charge in [0.1, 0.15) is 0 Å². The van der Waals surface area contributed by atoms with E-state index in [0.29, 0.717) is 6.42 Å². The zero-order chi connectivity index (χ0) is 9.40. The molecule has 0 radical (unpaired) electrons. The number of carbonyl (C=O) groups is 1. The third-order valence-electron chi connectivity index (χ3n) is 1.69. The topological polar surface area (TPSA) is 49.3 Å². The van der Waals surface area contributed by atoms with Gasteiger partial charge in [0.05, 0.1) is 6.61 Å². The molecule has 0 aliphatic carbocycles. The molecule has 1 atom stereocenters. The second-order valence-electron chi connectivity index (χ2n) is 3.11. The lowest BCUT2D eigenvalue weighted by Crippen LogP contribution is -2.34. The van der Waals surface area contributed by atoms with Crippen molar-refractivity contribution in [2.24, 2.45) is 0 Å². The first kappa shape index (κ1) is 11.4. The van der Waals surface area contributed by atoms with Crippen molar-refractivity contribution in [2.75, 3.05) is 6.61 Å². The number of hydrogen-bond donors (Lipinski definition) is 2. The molecule has 1 amide bonds. The Labute approximate surface area is 74.2 Å². The predicted molar refractivity (Wildman–Crippen MR) is 48.8 cm³/mol. The Balaban J connectivity index is 3.33. The maximum Gasteiger partial charge on any atom is 0.220 e. The summed E-state index contributed by atoms with van der Waals surface area (Å²) in [6, 6.07) is -0.112. The minimum absolute atomic E-state index is 0.0134. The Hall–Kier alpha value is -0.570. The fraction of sp³-hybridized carbons (Fsp3) is 0.889. The molecule has 2 N–H and O–H groups in total. The average molecular weight is 173 g/mol. The zero-order valence-corrected chi connectivity index (χ0v) is 7.97. The highest BCUT2D eigenvalue weighted by Gasteiger charge is 2.04. The Morgan fingerprint density at radius 3 is 2.67 bits per heavy atom. The van der Waals surface area contributed by atoms with Crippen LogP contribution >= 0.6 is 0 Å². The molecular weight excluding hydrogens is 154 g/mol. The van der Waals surface area contributed by atoms with Crippen LogP contribution in [0.15, 0.2) is 0 Å². The number of aliphatic hydroxyl groups excluding tert-OH is 1. The predicted octanol–water partition coefficient (Wildman–Crippen LogP) is 1.06. The van der Waals surface area contributed by atoms with Gasteiger partial charge in [-0.25, -0.2) is 0 Å². The highest BCUT2D eigenvalue weighted by atomic mass is 16.3. The second-order valence-corrected chi connectivity index (χ2v) is 3.11. The summed E-state index contributed by atoms with van der Waals surface area (Å²) >= 11 is 0. The molecule has 72 valence electrons. The van der Waals surface area contributed by atoms with Crippen molar-refractivity contribution in [3.05, 3.63) is 0 Å². The normalized spacial score (nSPS) is 12.6. The van der Waals surface area contributed by atoms with Gasteiger partial charge in [-0.1, -0.05) is 19.8 Å². The second kappa shape index (κ2) is 7.10. The van der Waals surface area contributed by atoms with Gasteiger partial charge < -0.3 is 10.4 Å². The first-order chi connectivity index (χ1) is 5.70. The minimum Gasteiger partial charge on any atom is -0.394 e. The summed E-state index contributed by atoms with van der Waals surface area (Å²) in [4.78, 5) is 11.1. The molecule has 0 aromatic rings. The number of amides is 1. The standard InChI is InChI=1S/C9H19NO2/c1-3-4-5-6-9(12)10-8(2)7-11/h8,11H,3-7H2,1-2H3,(H,10,12). The van der Waals surface area contributed by atoms with Gasteiger partial charge >= 0.3 is 0 Å². The van der Waals surface area contributed by atoms with E-state index < -0.39 is 0 Å². The molecule has 0 aromatic carbocycles. The van der Waals surface area contributed by atoms with E-state index in [-0.39, 0.29) is 18.6 Å². The summed E-state index contributed by atoms with van der Waals surface area (Å²) in [6.45, 7) is 3.91. The number of carbonyl (C=O) groups excluding carboxylic acids is 1. The smallest absolute Gasteiger partial charge is 0.220 e. The fourth-order valence-electron chi connectivity index (χ4n) is 0.928. The van der Waals surface area contributed by atoms with Crippen LogP contribution in [0.4, 0.5) is 0 Å². The maximum atomic E-state index is 11.1. The van der Waals surface area contributed by atoms with Crippen molar-refractivity contribution in [1.82, 2.24) is 5.32 Å². The van der Waals surface area contributed by atoms with Gasteiger partial charge in [-0.05, 0) is 13.3 Å². The molecular formula is C9H19NO2. The molecule has 0 fully saturated rings. The van der Waals surface area contributed by atoms with Crippen molar-refractivity contribution < 1.29 is 9.90 Å². The van der Waals surface area contributed by atoms with E-state index in [0.717, 1.165) is 19.3 Å². The highest BCUT2D eigenvalue weighted by Crippen LogP contribution is 1.98. The van der Waals surface area contributed by atoms with E-state index in [2.05, 4.69) is 12.2 Å². The third kappa shape index (κ3) is 6.16. The van der Waals surface area contributed by atoms with E-state index in [1.54, 1.807) is 6.92 Å². The molecule has 3 heteroatoms. The Kier molecular flexibility index (Phi) is 6.76. The molecule has 0 aliphatic heterocycles. The molecule has 0 rings (SSSR count). The summed E-state index contributed by atoms with van der Waals surface area (Å²) in [5.74, 6) is 0.0463. The molecule has 0 saturated carbocycles. The molecule has 0 aromatic heterocycles. The lowest BCUT2D eigenvalue weighted by Gasteiger charge is -2.09. The first-order valence-electron chi connectivity index (χ1n) is 4.61. The average Bonchev–Trinajstić information content (AvgIpc) is 2.05. The van der Waals surface area contributed by atoms with Crippen molar-refractivity contribution >= 4 is 5.91 Å². The van der Waals surface area contributed by atoms with Crippen LogP contribution in [0.2, 0.25) is 0 Å². The van der Waals surface area contributed by atoms with Crippen LogP contribution in [0.25, 0.3) is 0 Å². The van der Waals surface area contributed by atoms with Crippen LogP contribution in [-0.2, 0) is 4.79 Å². The number of hydrogen-bond acceptors (Lipinski definition) is 2. The molecule has 0 heterocycles. The Morgan fingerprint density at radius 1 is 1.50 bits per heavy atom. The van der Waals surface area contributed by atoms with Crippen molar-refractivity contribution in [3.8, 4) is 0 Å². The van der Waals surface area contributed by atoms with E-state index in [1.165, 1.54) is 0 Å². The summed E-state index contributed by atoms with van der Waals surface area (Å²) in [5, 5.41) is 11.3. The molecule has 12 heavy (non-hydrogen) atoms. The number of nitrogens with one attached hydrogen (secondary N) is 1. The lowest BCUT2D eigenvalue weighted by atomic mass is 10.2. The van der Waals surface area contributed by atoms with E-state index >= 15 is 0 Å². The van der Waals surface area contributed by atoms with Gasteiger partial charge in [-0.3, -0.25) is 4.79 Å². The fourth-order valence-corrected chi connectivity index (χ4v) is 0.928. The van der Waals surface area contributed by atoms with Crippen molar-refractivity contribution in [3.63, 3.8) is 0 Å². The summed E-state index contributed by atoms with van der Waals surface area (Å²) < 4.78 is 0. The van der Waals surface area contributed by atoms with E-state index in [4.69, 9.17) is 5.11 Å². The first-order valence-corrected chi connectivity index (χ1v) is 4.61. The number of rotatable bonds is 6. The summed E-state index contributed by atoms with van der Waals surface area (Å²) in [6.07, 6.45) is 3.75. The van der Waals surface area contributed by atoms with Gasteiger partial charge in [-0.15, -0.1) is 0 Å². The Bertz CT molecular complexity index is 126. The zero-order valence-electron chi connectivity index (χ0n) is 7.97. The van der Waals surface area contributed by atoms with Crippen LogP contribution in [0.1, 0.15) is 39.5 Å². The van der Waals surface area contributed by atoms with E-state index in [1.807, 2.05) is 0 Å². The largest absolute Gasteiger partial charge is 0.394 e. The molecule has 0 spiro atoms. The minimum atomic E-state index is -0.112. The number of aliphatic hydroxyl groups is 1. The van der Waals surface area contributed by atoms with Gasteiger partial charge in [0.25, 0.3) is 0 Å². The van der Waals surface area contributed by atoms with E-state index in [9.17, 15) is 4.79 Å². The van der Waals surface area contributed by atoms with Crippen molar-refractivity contribution in [2.45, 2.75) is 45.6 Å². The van der Waals surface area contributed by atoms with Gasteiger partial charge in [-0.2, -0.15) is 0 Å². The van der Waals surface area contributed by atoms with Gasteiger partial charge in [0.2, 0.25) is 5.91 Å². The summed E-state index contributed by atoms with van der Waals surface area (Å²) in [5.41, 5.74) is 0. The van der Waals surface area contributed by atoms with Gasteiger partial charge in [0.15, 0.2) is 0 Å². The third-order valence-corrected chi connectivity index (χ3v) is 1.69. The highest BCUT2D eigenvalue weighted by molar-refractivity contribution is 5.76. The maximum absolute atomic E-state index is 11.1. The van der Waals surface area contributed by atoms with Crippen LogP contribution in [-0.4, -0.2) is 23.7 Å². The van der Waals surface area contributed by atoms with Crippen LogP contribution < -0.4 is 5.32 Å². The van der Waals surface area contributed by atoms with Crippen LogP contribution in [0, 0.1) is 0 Å². The molecule has 0 bridgehead atoms. The molecule has 0 aliphatic rings. The monoisotopic (exact) mass is 173 g/mol. The van der Waals surface area contributed by atoms with Crippen molar-refractivity contribution in [1.29, 1.82) is 0 Å². The molecule has 0 saturated heterocycles. The SMILES string of the molecule is CCCCCC(=O)NC(C)CO. The molecule has 3 nitrogen and oxygen atoms in total. The lowest BCUT2D eigenvalue weighted by molar-refractivity contribution is -0.122. The van der Waals surface area contributed by atoms with Gasteiger partial charge in [0, 0.05) is 12.5 Å². The molecule has 1 unspecified atom stereocenters. The quantitative estimate of drug-likeness (QED) is 0.590. The Morgan fingerprint density at radius 2 is 2.17 bits per heavy atom. The van der Waals surface area contributed by atoms with Crippen LogP contribution in [0.3, 0.4) is 0 Å². The van der Waals surface area contributed by atoms with Crippen LogP contribution in [0.5, 0.6) is 0 Å².